The van der Waals surface area contributed by atoms with Crippen LogP contribution in [0.3, 0.4) is 0 Å². The lowest BCUT2D eigenvalue weighted by Gasteiger charge is -2.20. The average Bonchev–Trinajstić information content (AvgIpc) is 1.89. The maximum absolute atomic E-state index is 9.39. The smallest absolute Gasteiger partial charge is 0.0849 e. The zero-order valence-electron chi connectivity index (χ0n) is 6.76. The first kappa shape index (κ1) is 9.66. The first-order valence-corrected chi connectivity index (χ1v) is 3.53. The predicted octanol–water partition coefficient (Wildman–Crippen LogP) is 1.35. The molecule has 0 fully saturated rings. The molecule has 0 amide bonds. The lowest BCUT2D eigenvalue weighted by Crippen LogP contribution is -2.29. The van der Waals surface area contributed by atoms with E-state index in [4.69, 9.17) is 4.74 Å². The van der Waals surface area contributed by atoms with Gasteiger partial charge in [-0.05, 0) is 13.3 Å². The summed E-state index contributed by atoms with van der Waals surface area (Å²) in [7, 11) is 0. The second kappa shape index (κ2) is 4.47. The molecule has 0 spiro atoms. The molecule has 0 rings (SSSR count). The highest BCUT2D eigenvalue weighted by Crippen LogP contribution is 2.07. The van der Waals surface area contributed by atoms with Gasteiger partial charge in [0.15, 0.2) is 0 Å². The number of hydrogen-bond donors (Lipinski definition) is 1. The fourth-order valence-corrected chi connectivity index (χ4v) is 0.464. The SMILES string of the molecule is C=CCOCC(C)(O)CC. The third-order valence-corrected chi connectivity index (χ3v) is 1.41. The zero-order chi connectivity index (χ0) is 8.04. The Morgan fingerprint density at radius 1 is 1.70 bits per heavy atom. The summed E-state index contributed by atoms with van der Waals surface area (Å²) in [6.45, 7) is 8.08. The first-order valence-electron chi connectivity index (χ1n) is 3.53. The van der Waals surface area contributed by atoms with Gasteiger partial charge in [0, 0.05) is 0 Å². The minimum atomic E-state index is -0.678. The Labute approximate surface area is 62.5 Å². The Kier molecular flexibility index (Phi) is 4.32. The molecule has 0 aromatic heterocycles. The summed E-state index contributed by atoms with van der Waals surface area (Å²) in [5.41, 5.74) is -0.678. The Balaban J connectivity index is 3.36. The zero-order valence-corrected chi connectivity index (χ0v) is 6.76. The molecular formula is C8H16O2. The minimum absolute atomic E-state index is 0.384. The highest BCUT2D eigenvalue weighted by molar-refractivity contribution is 4.71. The van der Waals surface area contributed by atoms with E-state index < -0.39 is 5.60 Å². The van der Waals surface area contributed by atoms with Gasteiger partial charge in [-0.3, -0.25) is 0 Å². The van der Waals surface area contributed by atoms with E-state index in [-0.39, 0.29) is 0 Å². The number of hydrogen-bond acceptors (Lipinski definition) is 2. The Hall–Kier alpha value is -0.340. The van der Waals surface area contributed by atoms with Crippen molar-refractivity contribution >= 4 is 0 Å². The van der Waals surface area contributed by atoms with Crippen molar-refractivity contribution in [1.29, 1.82) is 0 Å². The van der Waals surface area contributed by atoms with Crippen LogP contribution < -0.4 is 0 Å². The Morgan fingerprint density at radius 2 is 2.30 bits per heavy atom. The van der Waals surface area contributed by atoms with Crippen molar-refractivity contribution in [3.05, 3.63) is 12.7 Å². The highest BCUT2D eigenvalue weighted by Gasteiger charge is 2.16. The molecule has 0 bridgehead atoms. The van der Waals surface area contributed by atoms with Gasteiger partial charge in [-0.15, -0.1) is 6.58 Å². The van der Waals surface area contributed by atoms with Crippen molar-refractivity contribution in [3.8, 4) is 0 Å². The van der Waals surface area contributed by atoms with Crippen molar-refractivity contribution < 1.29 is 9.84 Å². The summed E-state index contributed by atoms with van der Waals surface area (Å²) in [4.78, 5) is 0. The summed E-state index contributed by atoms with van der Waals surface area (Å²) in [5.74, 6) is 0. The number of ether oxygens (including phenoxy) is 1. The van der Waals surface area contributed by atoms with Crippen LogP contribution in [0.15, 0.2) is 12.7 Å². The van der Waals surface area contributed by atoms with Crippen molar-refractivity contribution in [2.45, 2.75) is 25.9 Å². The standard InChI is InChI=1S/C8H16O2/c1-4-6-10-7-8(3,9)5-2/h4,9H,1,5-7H2,2-3H3. The van der Waals surface area contributed by atoms with Gasteiger partial charge in [0.1, 0.15) is 0 Å². The normalized spacial score (nSPS) is 16.3. The summed E-state index contributed by atoms with van der Waals surface area (Å²) < 4.78 is 5.07. The fraction of sp³-hybridized carbons (Fsp3) is 0.750. The van der Waals surface area contributed by atoms with Crippen molar-refractivity contribution in [2.24, 2.45) is 0 Å². The maximum Gasteiger partial charge on any atom is 0.0849 e. The summed E-state index contributed by atoms with van der Waals surface area (Å²) >= 11 is 0. The second-order valence-corrected chi connectivity index (χ2v) is 2.65. The average molecular weight is 144 g/mol. The van der Waals surface area contributed by atoms with Crippen molar-refractivity contribution in [2.75, 3.05) is 13.2 Å². The Morgan fingerprint density at radius 3 is 2.70 bits per heavy atom. The highest BCUT2D eigenvalue weighted by atomic mass is 16.5. The number of rotatable bonds is 5. The van der Waals surface area contributed by atoms with E-state index in [0.29, 0.717) is 19.6 Å². The molecule has 0 radical (unpaired) electrons. The van der Waals surface area contributed by atoms with Crippen LogP contribution in [0.5, 0.6) is 0 Å². The summed E-state index contributed by atoms with van der Waals surface area (Å²) in [5, 5.41) is 9.39. The molecule has 0 aromatic rings. The third kappa shape index (κ3) is 4.53. The van der Waals surface area contributed by atoms with E-state index >= 15 is 0 Å². The van der Waals surface area contributed by atoms with E-state index in [0.717, 1.165) is 0 Å². The van der Waals surface area contributed by atoms with E-state index in [9.17, 15) is 5.11 Å². The van der Waals surface area contributed by atoms with Crippen LogP contribution in [0.25, 0.3) is 0 Å². The molecule has 1 N–H and O–H groups in total. The van der Waals surface area contributed by atoms with Gasteiger partial charge in [-0.1, -0.05) is 13.0 Å². The second-order valence-electron chi connectivity index (χ2n) is 2.65. The molecule has 0 aliphatic rings. The molecule has 1 unspecified atom stereocenters. The molecule has 0 aliphatic carbocycles. The monoisotopic (exact) mass is 144 g/mol. The van der Waals surface area contributed by atoms with Crippen LogP contribution in [-0.4, -0.2) is 23.9 Å². The van der Waals surface area contributed by atoms with Gasteiger partial charge < -0.3 is 9.84 Å². The first-order chi connectivity index (χ1) is 4.62. The molecule has 10 heavy (non-hydrogen) atoms. The molecule has 60 valence electrons. The third-order valence-electron chi connectivity index (χ3n) is 1.41. The van der Waals surface area contributed by atoms with Crippen LogP contribution in [-0.2, 0) is 4.74 Å². The molecule has 0 saturated heterocycles. The molecule has 0 saturated carbocycles. The van der Waals surface area contributed by atoms with Crippen molar-refractivity contribution in [3.63, 3.8) is 0 Å². The topological polar surface area (TPSA) is 29.5 Å². The van der Waals surface area contributed by atoms with Gasteiger partial charge in [0.05, 0.1) is 18.8 Å². The van der Waals surface area contributed by atoms with Crippen LogP contribution >= 0.6 is 0 Å². The van der Waals surface area contributed by atoms with E-state index in [1.165, 1.54) is 0 Å². The predicted molar refractivity (Wildman–Crippen MR) is 41.9 cm³/mol. The minimum Gasteiger partial charge on any atom is -0.388 e. The van der Waals surface area contributed by atoms with Gasteiger partial charge in [0.2, 0.25) is 0 Å². The molecule has 2 heteroatoms. The van der Waals surface area contributed by atoms with Gasteiger partial charge in [-0.2, -0.15) is 0 Å². The van der Waals surface area contributed by atoms with Crippen LogP contribution in [0.2, 0.25) is 0 Å². The molecule has 1 atom stereocenters. The number of aliphatic hydroxyl groups is 1. The lowest BCUT2D eigenvalue weighted by atomic mass is 10.1. The van der Waals surface area contributed by atoms with Crippen LogP contribution in [0, 0.1) is 0 Å². The van der Waals surface area contributed by atoms with E-state index in [2.05, 4.69) is 6.58 Å². The summed E-state index contributed by atoms with van der Waals surface area (Å²) in [6.07, 6.45) is 2.38. The van der Waals surface area contributed by atoms with Crippen LogP contribution in [0.1, 0.15) is 20.3 Å². The van der Waals surface area contributed by atoms with Crippen LogP contribution in [0.4, 0.5) is 0 Å². The largest absolute Gasteiger partial charge is 0.388 e. The molecule has 0 aromatic carbocycles. The quantitative estimate of drug-likeness (QED) is 0.466. The molecule has 0 heterocycles. The van der Waals surface area contributed by atoms with Gasteiger partial charge in [0.25, 0.3) is 0 Å². The lowest BCUT2D eigenvalue weighted by molar-refractivity contribution is -0.0283. The van der Waals surface area contributed by atoms with E-state index in [1.54, 1.807) is 13.0 Å². The van der Waals surface area contributed by atoms with E-state index in [1.807, 2.05) is 6.92 Å². The molecule has 2 nitrogen and oxygen atoms in total. The fourth-order valence-electron chi connectivity index (χ4n) is 0.464. The summed E-state index contributed by atoms with van der Waals surface area (Å²) in [6, 6.07) is 0. The maximum atomic E-state index is 9.39. The molecular weight excluding hydrogens is 128 g/mol. The van der Waals surface area contributed by atoms with Gasteiger partial charge in [-0.25, -0.2) is 0 Å². The van der Waals surface area contributed by atoms with Crippen molar-refractivity contribution in [1.82, 2.24) is 0 Å². The van der Waals surface area contributed by atoms with Gasteiger partial charge >= 0.3 is 0 Å². The Bertz CT molecular complexity index is 97.4. The molecule has 0 aliphatic heterocycles.